The van der Waals surface area contributed by atoms with Crippen LogP contribution in [-0.4, -0.2) is 63.9 Å². The van der Waals surface area contributed by atoms with E-state index >= 15 is 0 Å². The number of anilines is 1. The molecule has 1 unspecified atom stereocenters. The lowest BCUT2D eigenvalue weighted by atomic mass is 10.0. The molecule has 0 aliphatic carbocycles. The van der Waals surface area contributed by atoms with Gasteiger partial charge in [-0.25, -0.2) is 0 Å². The van der Waals surface area contributed by atoms with Crippen LogP contribution in [0, 0.1) is 0 Å². The molecule has 2 aliphatic rings. The first-order chi connectivity index (χ1) is 15.2. The van der Waals surface area contributed by atoms with Crippen molar-refractivity contribution in [3.05, 3.63) is 76.8 Å². The summed E-state index contributed by atoms with van der Waals surface area (Å²) < 4.78 is 7.12. The zero-order valence-corrected chi connectivity index (χ0v) is 17.5. The number of benzene rings is 2. The predicted molar refractivity (Wildman–Crippen MR) is 117 cm³/mol. The van der Waals surface area contributed by atoms with Crippen molar-refractivity contribution in [2.45, 2.75) is 6.04 Å². The SMILES string of the molecule is O=C(CN1C(c2ccccc2)=CC(c2ccc(Cl)cc2)n2nnnc21)N1CCOCC1. The van der Waals surface area contributed by atoms with Crippen LogP contribution in [0.1, 0.15) is 17.2 Å². The maximum atomic E-state index is 13.1. The van der Waals surface area contributed by atoms with E-state index in [1.807, 2.05) is 64.4 Å². The molecule has 9 heteroatoms. The van der Waals surface area contributed by atoms with Crippen molar-refractivity contribution in [1.29, 1.82) is 0 Å². The second kappa shape index (κ2) is 8.49. The number of rotatable bonds is 4. The summed E-state index contributed by atoms with van der Waals surface area (Å²) in [4.78, 5) is 16.8. The molecule has 2 aliphatic heterocycles. The largest absolute Gasteiger partial charge is 0.378 e. The maximum absolute atomic E-state index is 13.1. The Morgan fingerprint density at radius 1 is 1.06 bits per heavy atom. The molecule has 31 heavy (non-hydrogen) atoms. The van der Waals surface area contributed by atoms with Crippen LogP contribution in [0.3, 0.4) is 0 Å². The van der Waals surface area contributed by atoms with Crippen molar-refractivity contribution < 1.29 is 9.53 Å². The molecule has 3 heterocycles. The first kappa shape index (κ1) is 19.7. The molecule has 0 bridgehead atoms. The van der Waals surface area contributed by atoms with E-state index in [-0.39, 0.29) is 18.5 Å². The smallest absolute Gasteiger partial charge is 0.251 e. The molecule has 1 atom stereocenters. The molecule has 0 saturated carbocycles. The average molecular weight is 437 g/mol. The van der Waals surface area contributed by atoms with Crippen LogP contribution in [0.15, 0.2) is 60.7 Å². The second-order valence-corrected chi connectivity index (χ2v) is 7.85. The van der Waals surface area contributed by atoms with Gasteiger partial charge < -0.3 is 9.64 Å². The van der Waals surface area contributed by atoms with Gasteiger partial charge in [0.25, 0.3) is 5.95 Å². The summed E-state index contributed by atoms with van der Waals surface area (Å²) in [5, 5.41) is 13.1. The third kappa shape index (κ3) is 3.92. The molecular weight excluding hydrogens is 416 g/mol. The Labute approximate surface area is 184 Å². The first-order valence-electron chi connectivity index (χ1n) is 10.1. The highest BCUT2D eigenvalue weighted by Gasteiger charge is 2.33. The number of morpholine rings is 1. The highest BCUT2D eigenvalue weighted by atomic mass is 35.5. The molecule has 0 radical (unpaired) electrons. The number of halogens is 1. The molecule has 2 aromatic carbocycles. The number of aromatic nitrogens is 4. The molecule has 1 amide bonds. The van der Waals surface area contributed by atoms with E-state index in [0.717, 1.165) is 16.8 Å². The van der Waals surface area contributed by atoms with Crippen LogP contribution < -0.4 is 4.90 Å². The van der Waals surface area contributed by atoms with E-state index in [1.54, 1.807) is 4.68 Å². The van der Waals surface area contributed by atoms with Gasteiger partial charge in [0.1, 0.15) is 12.6 Å². The zero-order valence-electron chi connectivity index (χ0n) is 16.8. The number of carbonyl (C=O) groups is 1. The highest BCUT2D eigenvalue weighted by molar-refractivity contribution is 6.30. The Morgan fingerprint density at radius 3 is 2.55 bits per heavy atom. The molecule has 3 aromatic rings. The molecule has 158 valence electrons. The van der Waals surface area contributed by atoms with Crippen LogP contribution >= 0.6 is 11.6 Å². The normalized spacial score (nSPS) is 18.5. The van der Waals surface area contributed by atoms with E-state index in [9.17, 15) is 4.79 Å². The molecular formula is C22H21ClN6O2. The molecule has 1 saturated heterocycles. The zero-order chi connectivity index (χ0) is 21.2. The fourth-order valence-corrected chi connectivity index (χ4v) is 4.05. The molecule has 0 spiro atoms. The van der Waals surface area contributed by atoms with Gasteiger partial charge >= 0.3 is 0 Å². The molecule has 0 N–H and O–H groups in total. The van der Waals surface area contributed by atoms with Crippen molar-refractivity contribution >= 4 is 29.2 Å². The minimum atomic E-state index is -0.216. The van der Waals surface area contributed by atoms with E-state index in [0.29, 0.717) is 37.3 Å². The number of tetrazole rings is 1. The standard InChI is InChI=1S/C22H21ClN6O2/c23-18-8-6-17(7-9-18)20-14-19(16-4-2-1-3-5-16)28(22-24-25-26-29(20)22)15-21(30)27-10-12-31-13-11-27/h1-9,14,20H,10-13,15H2. The van der Waals surface area contributed by atoms with Crippen LogP contribution in [0.25, 0.3) is 5.70 Å². The van der Waals surface area contributed by atoms with Gasteiger partial charge in [-0.2, -0.15) is 4.68 Å². The van der Waals surface area contributed by atoms with E-state index in [4.69, 9.17) is 16.3 Å². The Morgan fingerprint density at radius 2 is 1.81 bits per heavy atom. The van der Waals surface area contributed by atoms with Gasteiger partial charge in [0, 0.05) is 18.1 Å². The van der Waals surface area contributed by atoms with Crippen LogP contribution in [0.4, 0.5) is 5.95 Å². The van der Waals surface area contributed by atoms with Crippen LogP contribution in [0.2, 0.25) is 5.02 Å². The Kier molecular flexibility index (Phi) is 5.40. The Bertz CT molecular complexity index is 1090. The Hall–Kier alpha value is -3.23. The number of fused-ring (bicyclic) bond motifs is 1. The number of hydrogen-bond donors (Lipinski definition) is 0. The van der Waals surface area contributed by atoms with Gasteiger partial charge in [0.15, 0.2) is 0 Å². The lowest BCUT2D eigenvalue weighted by Gasteiger charge is -2.34. The number of nitrogens with zero attached hydrogens (tertiary/aromatic N) is 6. The van der Waals surface area contributed by atoms with Gasteiger partial charge in [-0.3, -0.25) is 9.69 Å². The third-order valence-electron chi connectivity index (χ3n) is 5.53. The van der Waals surface area contributed by atoms with Crippen molar-refractivity contribution in [1.82, 2.24) is 25.1 Å². The summed E-state index contributed by atoms with van der Waals surface area (Å²) in [5.74, 6) is 0.549. The predicted octanol–water partition coefficient (Wildman–Crippen LogP) is 2.64. The van der Waals surface area contributed by atoms with Crippen molar-refractivity contribution in [3.8, 4) is 0 Å². The number of ether oxygens (including phenoxy) is 1. The summed E-state index contributed by atoms with van der Waals surface area (Å²) >= 11 is 6.09. The van der Waals surface area contributed by atoms with Crippen molar-refractivity contribution in [2.24, 2.45) is 0 Å². The molecule has 1 aromatic heterocycles. The monoisotopic (exact) mass is 436 g/mol. The van der Waals surface area contributed by atoms with Gasteiger partial charge in [0.2, 0.25) is 5.91 Å². The van der Waals surface area contributed by atoms with Gasteiger partial charge in [-0.1, -0.05) is 59.2 Å². The van der Waals surface area contributed by atoms with Crippen LogP contribution in [0.5, 0.6) is 0 Å². The van der Waals surface area contributed by atoms with Crippen molar-refractivity contribution in [3.63, 3.8) is 0 Å². The maximum Gasteiger partial charge on any atom is 0.251 e. The van der Waals surface area contributed by atoms with Crippen LogP contribution in [-0.2, 0) is 9.53 Å². The van der Waals surface area contributed by atoms with E-state index in [1.165, 1.54) is 0 Å². The number of carbonyl (C=O) groups excluding carboxylic acids is 1. The first-order valence-corrected chi connectivity index (χ1v) is 10.5. The molecule has 8 nitrogen and oxygen atoms in total. The Balaban J connectivity index is 1.55. The summed E-state index contributed by atoms with van der Waals surface area (Å²) in [6.07, 6.45) is 2.09. The second-order valence-electron chi connectivity index (χ2n) is 7.42. The van der Waals surface area contributed by atoms with E-state index < -0.39 is 0 Å². The lowest BCUT2D eigenvalue weighted by molar-refractivity contribution is -0.133. The lowest BCUT2D eigenvalue weighted by Crippen LogP contribution is -2.46. The fraction of sp³-hybridized carbons (Fsp3) is 0.273. The summed E-state index contributed by atoms with van der Waals surface area (Å²) in [6, 6.07) is 17.4. The van der Waals surface area contributed by atoms with Gasteiger partial charge in [-0.05, 0) is 39.8 Å². The summed E-state index contributed by atoms with van der Waals surface area (Å²) in [7, 11) is 0. The third-order valence-corrected chi connectivity index (χ3v) is 5.78. The molecule has 1 fully saturated rings. The quantitative estimate of drug-likeness (QED) is 0.625. The van der Waals surface area contributed by atoms with Crippen molar-refractivity contribution in [2.75, 3.05) is 37.7 Å². The minimum Gasteiger partial charge on any atom is -0.378 e. The minimum absolute atomic E-state index is 0.0182. The highest BCUT2D eigenvalue weighted by Crippen LogP contribution is 2.36. The van der Waals surface area contributed by atoms with Gasteiger partial charge in [-0.15, -0.1) is 0 Å². The topological polar surface area (TPSA) is 76.4 Å². The fourth-order valence-electron chi connectivity index (χ4n) is 3.93. The number of amides is 1. The number of allylic oxidation sites excluding steroid dienone is 1. The van der Waals surface area contributed by atoms with Gasteiger partial charge in [0.05, 0.1) is 18.9 Å². The molecule has 5 rings (SSSR count). The summed E-state index contributed by atoms with van der Waals surface area (Å²) in [6.45, 7) is 2.45. The average Bonchev–Trinajstić information content (AvgIpc) is 3.31. The van der Waals surface area contributed by atoms with E-state index in [2.05, 4.69) is 21.6 Å². The summed E-state index contributed by atoms with van der Waals surface area (Å²) in [5.41, 5.74) is 2.89. The number of hydrogen-bond acceptors (Lipinski definition) is 6.